The van der Waals surface area contributed by atoms with E-state index in [9.17, 15) is 0 Å². The lowest BCUT2D eigenvalue weighted by molar-refractivity contribution is 0.189. The van der Waals surface area contributed by atoms with Crippen LogP contribution in [0.4, 0.5) is 17.1 Å². The fourth-order valence-corrected chi connectivity index (χ4v) is 4.35. The monoisotopic (exact) mass is 424 g/mol. The summed E-state index contributed by atoms with van der Waals surface area (Å²) in [5, 5.41) is 13.8. The standard InChI is InChI=1S/C27H28N4O/c32-19-18-30-14-16-31(17-15-30)24-9-7-23(8-10-24)29-27-12-13-28-26-11-6-22(20-25(26)27)21-4-2-1-3-5-21/h1-13,20,32H,14-19H2,(H,28,29). The molecule has 1 aliphatic heterocycles. The van der Waals surface area contributed by atoms with E-state index in [0.29, 0.717) is 0 Å². The second-order valence-electron chi connectivity index (χ2n) is 8.18. The zero-order chi connectivity index (χ0) is 21.8. The zero-order valence-electron chi connectivity index (χ0n) is 18.1. The average Bonchev–Trinajstić information content (AvgIpc) is 2.86. The topological polar surface area (TPSA) is 51.6 Å². The van der Waals surface area contributed by atoms with E-state index in [1.165, 1.54) is 16.8 Å². The van der Waals surface area contributed by atoms with Crippen LogP contribution < -0.4 is 10.2 Å². The number of pyridine rings is 1. The van der Waals surface area contributed by atoms with Crippen LogP contribution >= 0.6 is 0 Å². The molecule has 32 heavy (non-hydrogen) atoms. The van der Waals surface area contributed by atoms with Crippen LogP contribution in [-0.4, -0.2) is 54.3 Å². The molecule has 0 amide bonds. The third-order valence-corrected chi connectivity index (χ3v) is 6.15. The number of nitrogens with one attached hydrogen (secondary N) is 1. The van der Waals surface area contributed by atoms with Gasteiger partial charge in [-0.05, 0) is 53.6 Å². The molecule has 0 radical (unpaired) electrons. The Balaban J connectivity index is 1.34. The number of hydrogen-bond acceptors (Lipinski definition) is 5. The number of anilines is 3. The van der Waals surface area contributed by atoms with E-state index >= 15 is 0 Å². The van der Waals surface area contributed by atoms with E-state index in [1.54, 1.807) is 0 Å². The first-order valence-corrected chi connectivity index (χ1v) is 11.2. The van der Waals surface area contributed by atoms with Crippen LogP contribution in [0.2, 0.25) is 0 Å². The first kappa shape index (κ1) is 20.5. The van der Waals surface area contributed by atoms with Crippen molar-refractivity contribution in [2.75, 3.05) is 49.5 Å². The third-order valence-electron chi connectivity index (χ3n) is 6.15. The van der Waals surface area contributed by atoms with Crippen LogP contribution in [0, 0.1) is 0 Å². The fraction of sp³-hybridized carbons (Fsp3) is 0.222. The van der Waals surface area contributed by atoms with Crippen molar-refractivity contribution in [1.29, 1.82) is 0 Å². The normalized spacial score (nSPS) is 14.6. The molecular weight excluding hydrogens is 396 g/mol. The van der Waals surface area contributed by atoms with Crippen molar-refractivity contribution in [1.82, 2.24) is 9.88 Å². The molecule has 5 heteroatoms. The molecule has 3 aromatic carbocycles. The number of β-amino-alcohol motifs (C(OH)–C–C–N with tert-alkyl or cyclic N) is 1. The van der Waals surface area contributed by atoms with E-state index in [2.05, 4.69) is 86.8 Å². The Morgan fingerprint density at radius 2 is 1.59 bits per heavy atom. The number of benzene rings is 3. The summed E-state index contributed by atoms with van der Waals surface area (Å²) in [4.78, 5) is 9.27. The van der Waals surface area contributed by atoms with Gasteiger partial charge in [-0.15, -0.1) is 0 Å². The Labute approximate surface area is 188 Å². The fourth-order valence-electron chi connectivity index (χ4n) is 4.35. The van der Waals surface area contributed by atoms with Crippen molar-refractivity contribution < 1.29 is 5.11 Å². The average molecular weight is 425 g/mol. The van der Waals surface area contributed by atoms with Gasteiger partial charge in [0.25, 0.3) is 0 Å². The molecule has 1 aliphatic rings. The maximum Gasteiger partial charge on any atom is 0.0723 e. The number of hydrogen-bond donors (Lipinski definition) is 2. The van der Waals surface area contributed by atoms with E-state index in [0.717, 1.165) is 55.0 Å². The Morgan fingerprint density at radius 3 is 2.34 bits per heavy atom. The minimum absolute atomic E-state index is 0.233. The summed E-state index contributed by atoms with van der Waals surface area (Å²) in [5.74, 6) is 0. The second kappa shape index (κ2) is 9.39. The molecule has 2 heterocycles. The van der Waals surface area contributed by atoms with E-state index in [-0.39, 0.29) is 6.61 Å². The highest BCUT2D eigenvalue weighted by Crippen LogP contribution is 2.30. The lowest BCUT2D eigenvalue weighted by atomic mass is 10.0. The van der Waals surface area contributed by atoms with E-state index in [1.807, 2.05) is 18.3 Å². The van der Waals surface area contributed by atoms with Crippen molar-refractivity contribution in [2.24, 2.45) is 0 Å². The molecule has 0 spiro atoms. The number of rotatable bonds is 6. The summed E-state index contributed by atoms with van der Waals surface area (Å²) in [7, 11) is 0. The number of aliphatic hydroxyl groups excluding tert-OH is 1. The van der Waals surface area contributed by atoms with Gasteiger partial charge in [-0.1, -0.05) is 36.4 Å². The minimum atomic E-state index is 0.233. The number of fused-ring (bicyclic) bond motifs is 1. The third kappa shape index (κ3) is 4.44. The molecule has 1 aromatic heterocycles. The maximum atomic E-state index is 9.13. The summed E-state index contributed by atoms with van der Waals surface area (Å²) in [5.41, 5.74) is 6.72. The highest BCUT2D eigenvalue weighted by atomic mass is 16.3. The van der Waals surface area contributed by atoms with Gasteiger partial charge in [0.05, 0.1) is 12.1 Å². The van der Waals surface area contributed by atoms with Gasteiger partial charge in [0.2, 0.25) is 0 Å². The molecule has 4 aromatic rings. The van der Waals surface area contributed by atoms with Crippen molar-refractivity contribution in [3.8, 4) is 11.1 Å². The zero-order valence-corrected chi connectivity index (χ0v) is 18.1. The van der Waals surface area contributed by atoms with Crippen LogP contribution in [0.5, 0.6) is 0 Å². The van der Waals surface area contributed by atoms with Crippen molar-refractivity contribution in [2.45, 2.75) is 0 Å². The minimum Gasteiger partial charge on any atom is -0.395 e. The number of nitrogens with zero attached hydrogens (tertiary/aromatic N) is 3. The molecule has 0 unspecified atom stereocenters. The van der Waals surface area contributed by atoms with E-state index in [4.69, 9.17) is 5.11 Å². The molecule has 1 saturated heterocycles. The summed E-state index contributed by atoms with van der Waals surface area (Å²) < 4.78 is 0. The van der Waals surface area contributed by atoms with Gasteiger partial charge in [-0.2, -0.15) is 0 Å². The van der Waals surface area contributed by atoms with Gasteiger partial charge in [0.15, 0.2) is 0 Å². The summed E-state index contributed by atoms with van der Waals surface area (Å²) in [6, 6.07) is 27.5. The van der Waals surface area contributed by atoms with Crippen molar-refractivity contribution in [3.05, 3.63) is 85.1 Å². The van der Waals surface area contributed by atoms with Gasteiger partial charge < -0.3 is 15.3 Å². The summed E-state index contributed by atoms with van der Waals surface area (Å²) in [6.45, 7) is 4.97. The first-order valence-electron chi connectivity index (χ1n) is 11.2. The predicted octanol–water partition coefficient (Wildman–Crippen LogP) is 4.76. The first-order chi connectivity index (χ1) is 15.8. The number of aromatic nitrogens is 1. The number of piperazine rings is 1. The highest BCUT2D eigenvalue weighted by Gasteiger charge is 2.16. The smallest absolute Gasteiger partial charge is 0.0723 e. The molecule has 0 bridgehead atoms. The van der Waals surface area contributed by atoms with Crippen LogP contribution in [0.1, 0.15) is 0 Å². The molecule has 0 atom stereocenters. The molecular formula is C27H28N4O. The predicted molar refractivity (Wildman–Crippen MR) is 133 cm³/mol. The summed E-state index contributed by atoms with van der Waals surface area (Å²) >= 11 is 0. The largest absolute Gasteiger partial charge is 0.395 e. The second-order valence-corrected chi connectivity index (χ2v) is 8.18. The quantitative estimate of drug-likeness (QED) is 0.467. The molecule has 5 nitrogen and oxygen atoms in total. The molecule has 0 aliphatic carbocycles. The Bertz CT molecular complexity index is 1170. The maximum absolute atomic E-state index is 9.13. The van der Waals surface area contributed by atoms with Crippen LogP contribution in [0.3, 0.4) is 0 Å². The van der Waals surface area contributed by atoms with Gasteiger partial charge in [-0.25, -0.2) is 0 Å². The van der Waals surface area contributed by atoms with Gasteiger partial charge in [-0.3, -0.25) is 9.88 Å². The van der Waals surface area contributed by atoms with Crippen molar-refractivity contribution >= 4 is 28.0 Å². The van der Waals surface area contributed by atoms with Crippen molar-refractivity contribution in [3.63, 3.8) is 0 Å². The Hall–Kier alpha value is -3.41. The molecule has 2 N–H and O–H groups in total. The molecule has 1 fully saturated rings. The SMILES string of the molecule is OCCN1CCN(c2ccc(Nc3ccnc4ccc(-c5ccccc5)cc34)cc2)CC1. The lowest BCUT2D eigenvalue weighted by Gasteiger charge is -2.35. The van der Waals surface area contributed by atoms with Gasteiger partial charge >= 0.3 is 0 Å². The lowest BCUT2D eigenvalue weighted by Crippen LogP contribution is -2.47. The van der Waals surface area contributed by atoms with E-state index < -0.39 is 0 Å². The summed E-state index contributed by atoms with van der Waals surface area (Å²) in [6.07, 6.45) is 1.85. The molecule has 0 saturated carbocycles. The van der Waals surface area contributed by atoms with Gasteiger partial charge in [0.1, 0.15) is 0 Å². The van der Waals surface area contributed by atoms with Crippen LogP contribution in [0.25, 0.3) is 22.0 Å². The Kier molecular flexibility index (Phi) is 6.01. The Morgan fingerprint density at radius 1 is 0.812 bits per heavy atom. The number of aliphatic hydroxyl groups is 1. The van der Waals surface area contributed by atoms with Crippen LogP contribution in [0.15, 0.2) is 85.1 Å². The molecule has 5 rings (SSSR count). The van der Waals surface area contributed by atoms with Gasteiger partial charge in [0, 0.05) is 61.4 Å². The van der Waals surface area contributed by atoms with Crippen LogP contribution in [-0.2, 0) is 0 Å². The molecule has 162 valence electrons. The highest BCUT2D eigenvalue weighted by molar-refractivity contribution is 5.95.